The van der Waals surface area contributed by atoms with Crippen molar-refractivity contribution in [1.29, 1.82) is 0 Å². The molecule has 0 atom stereocenters. The Morgan fingerprint density at radius 3 is 2.80 bits per heavy atom. The van der Waals surface area contributed by atoms with Crippen LogP contribution in [0.15, 0.2) is 32.4 Å². The molecule has 9 heteroatoms. The first kappa shape index (κ1) is 15.2. The molecule has 2 heterocycles. The van der Waals surface area contributed by atoms with Crippen molar-refractivity contribution in [2.24, 2.45) is 7.05 Å². The molecule has 0 amide bonds. The van der Waals surface area contributed by atoms with E-state index in [-0.39, 0.29) is 16.1 Å². The predicted molar refractivity (Wildman–Crippen MR) is 76.4 cm³/mol. The second-order valence-corrected chi connectivity index (χ2v) is 6.62. The number of hydrogen-bond donors (Lipinski definition) is 2. The van der Waals surface area contributed by atoms with Crippen LogP contribution in [0.4, 0.5) is 0 Å². The topological polar surface area (TPSA) is 89.2 Å². The van der Waals surface area contributed by atoms with Gasteiger partial charge in [0.15, 0.2) is 4.67 Å². The van der Waals surface area contributed by atoms with Crippen LogP contribution in [0.25, 0.3) is 0 Å². The van der Waals surface area contributed by atoms with Gasteiger partial charge in [-0.05, 0) is 23.0 Å². The van der Waals surface area contributed by atoms with E-state index in [1.807, 2.05) is 0 Å². The lowest BCUT2D eigenvalue weighted by atomic mass is 10.4. The second-order valence-electron chi connectivity index (χ2n) is 4.16. The van der Waals surface area contributed by atoms with E-state index in [0.717, 1.165) is 0 Å². The minimum atomic E-state index is -3.65. The number of furan rings is 1. The zero-order valence-corrected chi connectivity index (χ0v) is 13.5. The van der Waals surface area contributed by atoms with Crippen molar-refractivity contribution in [2.45, 2.75) is 18.0 Å². The molecule has 0 aliphatic heterocycles. The molecule has 0 bridgehead atoms. The smallest absolute Gasteiger partial charge is 0.245 e. The molecule has 0 radical (unpaired) electrons. The lowest BCUT2D eigenvalue weighted by molar-refractivity contribution is 0.470. The quantitative estimate of drug-likeness (QED) is 0.799. The van der Waals surface area contributed by atoms with Gasteiger partial charge in [-0.25, -0.2) is 18.1 Å². The van der Waals surface area contributed by atoms with Crippen LogP contribution in [-0.2, 0) is 30.2 Å². The minimum Gasteiger partial charge on any atom is -0.452 e. The van der Waals surface area contributed by atoms with Crippen molar-refractivity contribution in [3.8, 4) is 0 Å². The van der Waals surface area contributed by atoms with Gasteiger partial charge in [-0.3, -0.25) is 0 Å². The summed E-state index contributed by atoms with van der Waals surface area (Å²) < 4.78 is 34.2. The highest BCUT2D eigenvalue weighted by Gasteiger charge is 2.22. The number of sulfonamides is 1. The van der Waals surface area contributed by atoms with Gasteiger partial charge in [-0.15, -0.1) is 0 Å². The molecule has 0 aliphatic carbocycles. The highest BCUT2D eigenvalue weighted by molar-refractivity contribution is 9.10. The van der Waals surface area contributed by atoms with Gasteiger partial charge in [0.05, 0.1) is 13.1 Å². The summed E-state index contributed by atoms with van der Waals surface area (Å²) in [5.74, 6) is 1.17. The van der Waals surface area contributed by atoms with Gasteiger partial charge in [0.2, 0.25) is 10.0 Å². The molecule has 0 aliphatic rings. The summed E-state index contributed by atoms with van der Waals surface area (Å²) in [5.41, 5.74) is 0. The van der Waals surface area contributed by atoms with Gasteiger partial charge >= 0.3 is 0 Å². The van der Waals surface area contributed by atoms with E-state index >= 15 is 0 Å². The Hall–Kier alpha value is -1.16. The lowest BCUT2D eigenvalue weighted by Gasteiger charge is -2.05. The van der Waals surface area contributed by atoms with Crippen molar-refractivity contribution in [1.82, 2.24) is 19.6 Å². The first-order valence-corrected chi connectivity index (χ1v) is 8.10. The summed E-state index contributed by atoms with van der Waals surface area (Å²) in [7, 11) is -0.0981. The van der Waals surface area contributed by atoms with Gasteiger partial charge in [-0.1, -0.05) is 0 Å². The maximum atomic E-state index is 12.2. The Kier molecular flexibility index (Phi) is 4.63. The van der Waals surface area contributed by atoms with Crippen LogP contribution in [0.1, 0.15) is 11.6 Å². The number of rotatable bonds is 6. The maximum absolute atomic E-state index is 12.2. The first-order chi connectivity index (χ1) is 9.44. The number of aromatic nitrogens is 2. The van der Waals surface area contributed by atoms with Crippen molar-refractivity contribution in [3.05, 3.63) is 34.7 Å². The van der Waals surface area contributed by atoms with Gasteiger partial charge in [-0.2, -0.15) is 0 Å². The molecule has 0 saturated heterocycles. The van der Waals surface area contributed by atoms with Crippen LogP contribution < -0.4 is 10.0 Å². The molecule has 7 nitrogen and oxygen atoms in total. The summed E-state index contributed by atoms with van der Waals surface area (Å²) in [5, 5.41) is 2.89. The standard InChI is InChI=1S/C11H15BrN4O3S/c1-13-6-8-5-9(11(12)19-8)20(17,18)15-7-10-14-3-4-16(10)2/h3-5,13,15H,6-7H2,1-2H3. The summed E-state index contributed by atoms with van der Waals surface area (Å²) in [6, 6.07) is 1.49. The monoisotopic (exact) mass is 362 g/mol. The highest BCUT2D eigenvalue weighted by Crippen LogP contribution is 2.26. The van der Waals surface area contributed by atoms with Crippen LogP contribution in [0.3, 0.4) is 0 Å². The van der Waals surface area contributed by atoms with Crippen molar-refractivity contribution in [3.63, 3.8) is 0 Å². The first-order valence-electron chi connectivity index (χ1n) is 5.82. The largest absolute Gasteiger partial charge is 0.452 e. The molecular formula is C11H15BrN4O3S. The summed E-state index contributed by atoms with van der Waals surface area (Å²) in [6.07, 6.45) is 3.37. The van der Waals surface area contributed by atoms with E-state index in [1.165, 1.54) is 6.07 Å². The zero-order valence-electron chi connectivity index (χ0n) is 11.1. The SMILES string of the molecule is CNCc1cc(S(=O)(=O)NCc2nccn2C)c(Br)o1. The lowest BCUT2D eigenvalue weighted by Crippen LogP contribution is -2.24. The fourth-order valence-corrected chi connectivity index (χ4v) is 3.62. The molecule has 0 unspecified atom stereocenters. The van der Waals surface area contributed by atoms with Gasteiger partial charge < -0.3 is 14.3 Å². The van der Waals surface area contributed by atoms with E-state index < -0.39 is 10.0 Å². The van der Waals surface area contributed by atoms with Crippen molar-refractivity contribution < 1.29 is 12.8 Å². The maximum Gasteiger partial charge on any atom is 0.245 e. The van der Waals surface area contributed by atoms with Gasteiger partial charge in [0, 0.05) is 25.5 Å². The van der Waals surface area contributed by atoms with Gasteiger partial charge in [0.1, 0.15) is 16.5 Å². The molecule has 2 aromatic heterocycles. The third kappa shape index (κ3) is 3.29. The van der Waals surface area contributed by atoms with E-state index in [0.29, 0.717) is 18.1 Å². The third-order valence-corrected chi connectivity index (χ3v) is 4.95. The number of halogens is 1. The summed E-state index contributed by atoms with van der Waals surface area (Å²) in [6.45, 7) is 0.568. The molecule has 110 valence electrons. The Morgan fingerprint density at radius 2 is 2.20 bits per heavy atom. The van der Waals surface area contributed by atoms with E-state index in [4.69, 9.17) is 4.42 Å². The Bertz CT molecular complexity index is 692. The predicted octanol–water partition coefficient (Wildman–Crippen LogP) is 0.973. The molecule has 0 saturated carbocycles. The minimum absolute atomic E-state index is 0.0805. The van der Waals surface area contributed by atoms with Crippen LogP contribution in [0.2, 0.25) is 0 Å². The molecular weight excluding hydrogens is 348 g/mol. The molecule has 2 N–H and O–H groups in total. The van der Waals surface area contributed by atoms with Crippen molar-refractivity contribution in [2.75, 3.05) is 7.05 Å². The second kappa shape index (κ2) is 6.08. The fourth-order valence-electron chi connectivity index (χ4n) is 1.65. The number of aryl methyl sites for hydroxylation is 1. The Labute approximate surface area is 125 Å². The highest BCUT2D eigenvalue weighted by atomic mass is 79.9. The van der Waals surface area contributed by atoms with E-state index in [9.17, 15) is 8.42 Å². The Balaban J connectivity index is 2.16. The molecule has 2 rings (SSSR count). The normalized spacial score (nSPS) is 11.9. The summed E-state index contributed by atoms with van der Waals surface area (Å²) in [4.78, 5) is 4.14. The van der Waals surface area contributed by atoms with E-state index in [2.05, 4.69) is 31.0 Å². The number of nitrogens with one attached hydrogen (secondary N) is 2. The van der Waals surface area contributed by atoms with Crippen LogP contribution >= 0.6 is 15.9 Å². The molecule has 0 aromatic carbocycles. The van der Waals surface area contributed by atoms with Crippen LogP contribution in [0.5, 0.6) is 0 Å². The third-order valence-electron chi connectivity index (χ3n) is 2.69. The average molecular weight is 363 g/mol. The van der Waals surface area contributed by atoms with Crippen LogP contribution in [-0.4, -0.2) is 25.0 Å². The van der Waals surface area contributed by atoms with Gasteiger partial charge in [0.25, 0.3) is 0 Å². The molecule has 0 fully saturated rings. The van der Waals surface area contributed by atoms with E-state index in [1.54, 1.807) is 31.1 Å². The van der Waals surface area contributed by atoms with Crippen LogP contribution in [0, 0.1) is 0 Å². The fraction of sp³-hybridized carbons (Fsp3) is 0.364. The average Bonchev–Trinajstić information content (AvgIpc) is 2.94. The molecule has 20 heavy (non-hydrogen) atoms. The number of hydrogen-bond acceptors (Lipinski definition) is 5. The zero-order chi connectivity index (χ0) is 14.8. The molecule has 2 aromatic rings. The number of imidazole rings is 1. The summed E-state index contributed by atoms with van der Waals surface area (Å²) >= 11 is 3.12. The molecule has 0 spiro atoms. The Morgan fingerprint density at radius 1 is 1.45 bits per heavy atom. The van der Waals surface area contributed by atoms with Crippen molar-refractivity contribution >= 4 is 26.0 Å². The number of nitrogens with zero attached hydrogens (tertiary/aromatic N) is 2.